The molecular formula is C17H28IN3O3S. The first-order chi connectivity index (χ1) is 11.3. The number of benzene rings is 1. The van der Waals surface area contributed by atoms with Crippen LogP contribution >= 0.6 is 24.0 Å². The third kappa shape index (κ3) is 7.01. The quantitative estimate of drug-likeness (QED) is 0.479. The third-order valence-electron chi connectivity index (χ3n) is 3.82. The maximum atomic E-state index is 11.4. The Hall–Kier alpha value is -1.03. The second kappa shape index (κ2) is 9.61. The van der Waals surface area contributed by atoms with Crippen LogP contribution in [0.15, 0.2) is 34.2 Å². The highest BCUT2D eigenvalue weighted by Gasteiger charge is 2.24. The Labute approximate surface area is 168 Å². The summed E-state index contributed by atoms with van der Waals surface area (Å²) in [5, 5.41) is 3.45. The van der Waals surface area contributed by atoms with Gasteiger partial charge < -0.3 is 15.0 Å². The molecule has 0 bridgehead atoms. The van der Waals surface area contributed by atoms with Crippen LogP contribution in [-0.2, 0) is 9.84 Å². The first-order valence-corrected chi connectivity index (χ1v) is 10.1. The lowest BCUT2D eigenvalue weighted by Crippen LogP contribution is -2.30. The number of halogens is 1. The van der Waals surface area contributed by atoms with Crippen molar-refractivity contribution in [3.05, 3.63) is 24.3 Å². The maximum Gasteiger partial charge on any atom is 0.194 e. The average Bonchev–Trinajstić information content (AvgIpc) is 2.82. The van der Waals surface area contributed by atoms with Gasteiger partial charge in [0, 0.05) is 25.9 Å². The van der Waals surface area contributed by atoms with E-state index < -0.39 is 9.84 Å². The molecule has 1 fully saturated rings. The van der Waals surface area contributed by atoms with Gasteiger partial charge in [0.15, 0.2) is 15.8 Å². The molecule has 2 rings (SSSR count). The smallest absolute Gasteiger partial charge is 0.194 e. The molecule has 0 aliphatic carbocycles. The van der Waals surface area contributed by atoms with E-state index in [0.717, 1.165) is 18.9 Å². The minimum absolute atomic E-state index is 0. The Kier molecular flexibility index (Phi) is 8.46. The Morgan fingerprint density at radius 2 is 1.96 bits per heavy atom. The number of nitrogens with zero attached hydrogens (tertiary/aromatic N) is 2. The second-order valence-corrected chi connectivity index (χ2v) is 8.66. The fourth-order valence-electron chi connectivity index (χ4n) is 2.72. The van der Waals surface area contributed by atoms with Crippen LogP contribution in [0.1, 0.15) is 20.3 Å². The van der Waals surface area contributed by atoms with Crippen molar-refractivity contribution in [1.29, 1.82) is 0 Å². The predicted octanol–water partition coefficient (Wildman–Crippen LogP) is 2.39. The number of likely N-dealkylation sites (N-methyl/N-ethyl adjacent to an activating group) is 1. The Morgan fingerprint density at radius 1 is 1.32 bits per heavy atom. The van der Waals surface area contributed by atoms with Crippen LogP contribution in [0.2, 0.25) is 0 Å². The van der Waals surface area contributed by atoms with Crippen LogP contribution in [0.3, 0.4) is 0 Å². The Bertz CT molecular complexity index is 675. The van der Waals surface area contributed by atoms with Gasteiger partial charge in [0.1, 0.15) is 12.4 Å². The lowest BCUT2D eigenvalue weighted by atomic mass is 10.0. The zero-order valence-electron chi connectivity index (χ0n) is 15.2. The summed E-state index contributed by atoms with van der Waals surface area (Å²) in [6, 6.07) is 6.90. The van der Waals surface area contributed by atoms with Gasteiger partial charge in [0.25, 0.3) is 0 Å². The molecule has 1 N–H and O–H groups in total. The normalized spacial score (nSPS) is 19.0. The van der Waals surface area contributed by atoms with Gasteiger partial charge in [-0.2, -0.15) is 0 Å². The topological polar surface area (TPSA) is 71.0 Å². The largest absolute Gasteiger partial charge is 0.492 e. The van der Waals surface area contributed by atoms with Gasteiger partial charge in [-0.1, -0.05) is 13.8 Å². The van der Waals surface area contributed by atoms with Crippen LogP contribution in [0.4, 0.5) is 0 Å². The van der Waals surface area contributed by atoms with Crippen molar-refractivity contribution in [1.82, 2.24) is 10.2 Å². The summed E-state index contributed by atoms with van der Waals surface area (Å²) in [6.45, 7) is 6.42. The van der Waals surface area contributed by atoms with Crippen LogP contribution in [-0.4, -0.2) is 58.3 Å². The lowest BCUT2D eigenvalue weighted by Gasteiger charge is -2.11. The fourth-order valence-corrected chi connectivity index (χ4v) is 3.35. The molecular weight excluding hydrogens is 453 g/mol. The zero-order valence-corrected chi connectivity index (χ0v) is 18.4. The average molecular weight is 481 g/mol. The first-order valence-electron chi connectivity index (χ1n) is 8.20. The van der Waals surface area contributed by atoms with Gasteiger partial charge in [-0.15, -0.1) is 24.0 Å². The Morgan fingerprint density at radius 3 is 2.52 bits per heavy atom. The minimum atomic E-state index is -3.17. The SMILES string of the molecule is CC(C)CC1CN(C)C(=NCCOc2ccc(S(C)(=O)=O)cc2)N1.I. The van der Waals surface area contributed by atoms with Crippen molar-refractivity contribution in [3.63, 3.8) is 0 Å². The van der Waals surface area contributed by atoms with Gasteiger partial charge >= 0.3 is 0 Å². The van der Waals surface area contributed by atoms with Crippen molar-refractivity contribution in [2.75, 3.05) is 33.0 Å². The number of nitrogens with one attached hydrogen (secondary N) is 1. The number of hydrogen-bond donors (Lipinski definition) is 1. The molecule has 0 amide bonds. The molecule has 6 nitrogen and oxygen atoms in total. The monoisotopic (exact) mass is 481 g/mol. The van der Waals surface area contributed by atoms with E-state index in [1.165, 1.54) is 6.26 Å². The highest BCUT2D eigenvalue weighted by Crippen LogP contribution is 2.16. The zero-order chi connectivity index (χ0) is 17.7. The maximum absolute atomic E-state index is 11.4. The van der Waals surface area contributed by atoms with E-state index in [0.29, 0.717) is 35.8 Å². The molecule has 8 heteroatoms. The van der Waals surface area contributed by atoms with Crippen molar-refractivity contribution < 1.29 is 13.2 Å². The van der Waals surface area contributed by atoms with Crippen molar-refractivity contribution in [2.45, 2.75) is 31.2 Å². The summed E-state index contributed by atoms with van der Waals surface area (Å²) in [5.41, 5.74) is 0. The molecule has 142 valence electrons. The van der Waals surface area contributed by atoms with Crippen LogP contribution in [0.5, 0.6) is 5.75 Å². The second-order valence-electron chi connectivity index (χ2n) is 6.65. The van der Waals surface area contributed by atoms with Gasteiger partial charge in [0.05, 0.1) is 11.4 Å². The molecule has 0 aromatic heterocycles. The molecule has 1 atom stereocenters. The van der Waals surface area contributed by atoms with E-state index in [1.807, 2.05) is 7.05 Å². The summed E-state index contributed by atoms with van der Waals surface area (Å²) in [6.07, 6.45) is 2.32. The van der Waals surface area contributed by atoms with Gasteiger partial charge in [-0.05, 0) is 36.6 Å². The molecule has 1 aromatic carbocycles. The van der Waals surface area contributed by atoms with Crippen molar-refractivity contribution in [3.8, 4) is 5.75 Å². The van der Waals surface area contributed by atoms with E-state index in [2.05, 4.69) is 29.1 Å². The van der Waals surface area contributed by atoms with Gasteiger partial charge in [0.2, 0.25) is 0 Å². The van der Waals surface area contributed by atoms with Crippen LogP contribution in [0, 0.1) is 5.92 Å². The standard InChI is InChI=1S/C17H27N3O3S.HI/c1-13(2)11-14-12-20(3)17(19-14)18-9-10-23-15-5-7-16(8-6-15)24(4,21)22;/h5-8,13-14H,9-12H2,1-4H3,(H,18,19);1H. The number of ether oxygens (including phenoxy) is 1. The van der Waals surface area contributed by atoms with Crippen LogP contribution in [0.25, 0.3) is 0 Å². The summed E-state index contributed by atoms with van der Waals surface area (Å²) < 4.78 is 28.4. The summed E-state index contributed by atoms with van der Waals surface area (Å²) in [5.74, 6) is 2.22. The Balaban J connectivity index is 0.00000312. The number of aliphatic imine (C=N–C) groups is 1. The number of hydrogen-bond acceptors (Lipinski definition) is 4. The predicted molar refractivity (Wildman–Crippen MR) is 112 cm³/mol. The molecule has 1 aliphatic heterocycles. The van der Waals surface area contributed by atoms with Crippen LogP contribution < -0.4 is 10.1 Å². The number of rotatable bonds is 7. The van der Waals surface area contributed by atoms with Gasteiger partial charge in [-0.3, -0.25) is 0 Å². The van der Waals surface area contributed by atoms with E-state index in [-0.39, 0.29) is 24.0 Å². The van der Waals surface area contributed by atoms with E-state index in [9.17, 15) is 8.42 Å². The lowest BCUT2D eigenvalue weighted by molar-refractivity contribution is 0.328. The highest BCUT2D eigenvalue weighted by atomic mass is 127. The number of guanidine groups is 1. The van der Waals surface area contributed by atoms with Gasteiger partial charge in [-0.25, -0.2) is 13.4 Å². The molecule has 0 radical (unpaired) electrons. The molecule has 1 heterocycles. The summed E-state index contributed by atoms with van der Waals surface area (Å²) in [7, 11) is -1.13. The van der Waals surface area contributed by atoms with Crippen molar-refractivity contribution in [2.24, 2.45) is 10.9 Å². The third-order valence-corrected chi connectivity index (χ3v) is 4.95. The van der Waals surface area contributed by atoms with E-state index in [1.54, 1.807) is 24.3 Å². The fraction of sp³-hybridized carbons (Fsp3) is 0.588. The first kappa shape index (κ1) is 22.0. The molecule has 0 saturated carbocycles. The molecule has 1 aliphatic rings. The molecule has 0 spiro atoms. The van der Waals surface area contributed by atoms with E-state index in [4.69, 9.17) is 4.74 Å². The molecule has 1 saturated heterocycles. The van der Waals surface area contributed by atoms with E-state index >= 15 is 0 Å². The molecule has 25 heavy (non-hydrogen) atoms. The molecule has 1 aromatic rings. The summed E-state index contributed by atoms with van der Waals surface area (Å²) >= 11 is 0. The van der Waals surface area contributed by atoms with Crippen molar-refractivity contribution >= 4 is 39.8 Å². The minimum Gasteiger partial charge on any atom is -0.492 e. The molecule has 1 unspecified atom stereocenters. The summed E-state index contributed by atoms with van der Waals surface area (Å²) in [4.78, 5) is 6.97. The highest BCUT2D eigenvalue weighted by molar-refractivity contribution is 14.0. The number of sulfone groups is 1.